The Bertz CT molecular complexity index is 355. The normalized spacial score (nSPS) is 12.2. The fraction of sp³-hybridized carbons (Fsp3) is 0.333. The molecule has 0 radical (unpaired) electrons. The minimum Gasteiger partial charge on any atom is -0.480 e. The Kier molecular flexibility index (Phi) is 3.46. The number of aryl methyl sites for hydroxylation is 1. The lowest BCUT2D eigenvalue weighted by molar-refractivity contribution is -0.137. The van der Waals surface area contributed by atoms with Crippen LogP contribution >= 0.6 is 15.9 Å². The molecule has 0 saturated heterocycles. The average molecular weight is 259 g/mol. The van der Waals surface area contributed by atoms with Crippen molar-refractivity contribution >= 4 is 27.7 Å². The number of pyridine rings is 1. The van der Waals surface area contributed by atoms with Crippen LogP contribution in [0.25, 0.3) is 0 Å². The molecule has 0 aromatic carbocycles. The SMILES string of the molecule is Cc1nc(N[C@@H](C)C(=O)O)ccc1Br. The third-order valence-corrected chi connectivity index (χ3v) is 2.59. The summed E-state index contributed by atoms with van der Waals surface area (Å²) in [6, 6.07) is 2.93. The van der Waals surface area contributed by atoms with E-state index in [9.17, 15) is 4.79 Å². The van der Waals surface area contributed by atoms with Gasteiger partial charge in [-0.05, 0) is 41.9 Å². The van der Waals surface area contributed by atoms with Crippen molar-refractivity contribution in [2.75, 3.05) is 5.32 Å². The number of carbonyl (C=O) groups is 1. The van der Waals surface area contributed by atoms with E-state index in [0.717, 1.165) is 10.2 Å². The van der Waals surface area contributed by atoms with Crippen molar-refractivity contribution in [1.29, 1.82) is 0 Å². The Balaban J connectivity index is 2.78. The lowest BCUT2D eigenvalue weighted by atomic mass is 10.3. The number of halogens is 1. The number of anilines is 1. The second-order valence-electron chi connectivity index (χ2n) is 2.97. The van der Waals surface area contributed by atoms with Gasteiger partial charge in [0, 0.05) is 4.47 Å². The molecular formula is C9H11BrN2O2. The van der Waals surface area contributed by atoms with Gasteiger partial charge in [-0.3, -0.25) is 4.79 Å². The number of rotatable bonds is 3. The van der Waals surface area contributed by atoms with Crippen LogP contribution in [0.3, 0.4) is 0 Å². The Morgan fingerprint density at radius 1 is 1.64 bits per heavy atom. The van der Waals surface area contributed by atoms with E-state index in [2.05, 4.69) is 26.2 Å². The highest BCUT2D eigenvalue weighted by Crippen LogP contribution is 2.16. The molecular weight excluding hydrogens is 248 g/mol. The molecule has 4 nitrogen and oxygen atoms in total. The van der Waals surface area contributed by atoms with Crippen LogP contribution in [-0.2, 0) is 4.79 Å². The number of carboxylic acids is 1. The van der Waals surface area contributed by atoms with Gasteiger partial charge in [0.15, 0.2) is 0 Å². The van der Waals surface area contributed by atoms with E-state index in [1.54, 1.807) is 13.0 Å². The van der Waals surface area contributed by atoms with E-state index in [-0.39, 0.29) is 0 Å². The second-order valence-corrected chi connectivity index (χ2v) is 3.82. The summed E-state index contributed by atoms with van der Waals surface area (Å²) in [5, 5.41) is 11.4. The van der Waals surface area contributed by atoms with Crippen molar-refractivity contribution in [3.63, 3.8) is 0 Å². The first-order chi connectivity index (χ1) is 6.50. The average Bonchev–Trinajstić information content (AvgIpc) is 2.11. The molecule has 0 saturated carbocycles. The Labute approximate surface area is 90.5 Å². The Hall–Kier alpha value is -1.10. The molecule has 5 heteroatoms. The molecule has 14 heavy (non-hydrogen) atoms. The first-order valence-electron chi connectivity index (χ1n) is 4.13. The number of hydrogen-bond acceptors (Lipinski definition) is 3. The van der Waals surface area contributed by atoms with Crippen LogP contribution in [0.2, 0.25) is 0 Å². The van der Waals surface area contributed by atoms with E-state index in [4.69, 9.17) is 5.11 Å². The summed E-state index contributed by atoms with van der Waals surface area (Å²) in [6.45, 7) is 3.42. The predicted molar refractivity (Wildman–Crippen MR) is 57.4 cm³/mol. The summed E-state index contributed by atoms with van der Waals surface area (Å²) in [6.07, 6.45) is 0. The second kappa shape index (κ2) is 4.41. The molecule has 1 heterocycles. The van der Waals surface area contributed by atoms with E-state index in [1.807, 2.05) is 13.0 Å². The number of carboxylic acid groups (broad SMARTS) is 1. The van der Waals surface area contributed by atoms with Crippen molar-refractivity contribution in [3.8, 4) is 0 Å². The lowest BCUT2D eigenvalue weighted by Crippen LogP contribution is -2.25. The minimum atomic E-state index is -0.896. The van der Waals surface area contributed by atoms with Crippen molar-refractivity contribution in [3.05, 3.63) is 22.3 Å². The first kappa shape index (κ1) is 11.0. The molecule has 0 spiro atoms. The van der Waals surface area contributed by atoms with E-state index in [1.165, 1.54) is 0 Å². The van der Waals surface area contributed by atoms with Gasteiger partial charge in [-0.1, -0.05) is 0 Å². The number of aliphatic carboxylic acids is 1. The fourth-order valence-electron chi connectivity index (χ4n) is 0.908. The first-order valence-corrected chi connectivity index (χ1v) is 4.92. The summed E-state index contributed by atoms with van der Waals surface area (Å²) in [7, 11) is 0. The molecule has 1 aromatic rings. The van der Waals surface area contributed by atoms with Crippen LogP contribution in [0.15, 0.2) is 16.6 Å². The third-order valence-electron chi connectivity index (χ3n) is 1.76. The van der Waals surface area contributed by atoms with E-state index in [0.29, 0.717) is 5.82 Å². The molecule has 1 rings (SSSR count). The monoisotopic (exact) mass is 258 g/mol. The highest BCUT2D eigenvalue weighted by Gasteiger charge is 2.10. The Morgan fingerprint density at radius 3 is 2.79 bits per heavy atom. The van der Waals surface area contributed by atoms with Crippen LogP contribution in [0.5, 0.6) is 0 Å². The molecule has 0 aliphatic rings. The van der Waals surface area contributed by atoms with Gasteiger partial charge in [0.05, 0.1) is 5.69 Å². The maximum Gasteiger partial charge on any atom is 0.325 e. The quantitative estimate of drug-likeness (QED) is 0.871. The molecule has 1 atom stereocenters. The van der Waals surface area contributed by atoms with Gasteiger partial charge in [0.2, 0.25) is 0 Å². The molecule has 0 amide bonds. The number of nitrogens with one attached hydrogen (secondary N) is 1. The highest BCUT2D eigenvalue weighted by atomic mass is 79.9. The number of hydrogen-bond donors (Lipinski definition) is 2. The van der Waals surface area contributed by atoms with Gasteiger partial charge in [-0.2, -0.15) is 0 Å². The lowest BCUT2D eigenvalue weighted by Gasteiger charge is -2.10. The van der Waals surface area contributed by atoms with Gasteiger partial charge in [-0.15, -0.1) is 0 Å². The van der Waals surface area contributed by atoms with Crippen LogP contribution in [-0.4, -0.2) is 22.1 Å². The van der Waals surface area contributed by atoms with Crippen molar-refractivity contribution < 1.29 is 9.90 Å². The molecule has 76 valence electrons. The van der Waals surface area contributed by atoms with Gasteiger partial charge >= 0.3 is 5.97 Å². The maximum atomic E-state index is 10.6. The largest absolute Gasteiger partial charge is 0.480 e. The van der Waals surface area contributed by atoms with E-state index < -0.39 is 12.0 Å². The standard InChI is InChI=1S/C9H11BrN2O2/c1-5-7(10)3-4-8(11-5)12-6(2)9(13)14/h3-4,6H,1-2H3,(H,11,12)(H,13,14)/t6-/m0/s1. The van der Waals surface area contributed by atoms with E-state index >= 15 is 0 Å². The summed E-state index contributed by atoms with van der Waals surface area (Å²) in [5.41, 5.74) is 0.826. The molecule has 1 aromatic heterocycles. The molecule has 0 fully saturated rings. The summed E-state index contributed by atoms with van der Waals surface area (Å²) in [5.74, 6) is -0.326. The fourth-order valence-corrected chi connectivity index (χ4v) is 1.13. The molecule has 0 bridgehead atoms. The molecule has 2 N–H and O–H groups in total. The van der Waals surface area contributed by atoms with Crippen LogP contribution < -0.4 is 5.32 Å². The van der Waals surface area contributed by atoms with Gasteiger partial charge in [0.25, 0.3) is 0 Å². The minimum absolute atomic E-state index is 0.570. The Morgan fingerprint density at radius 2 is 2.29 bits per heavy atom. The topological polar surface area (TPSA) is 62.2 Å². The summed E-state index contributed by atoms with van der Waals surface area (Å²) in [4.78, 5) is 14.7. The summed E-state index contributed by atoms with van der Waals surface area (Å²) >= 11 is 3.32. The molecule has 0 aliphatic carbocycles. The zero-order valence-corrected chi connectivity index (χ0v) is 9.50. The molecule has 0 aliphatic heterocycles. The zero-order valence-electron chi connectivity index (χ0n) is 7.91. The van der Waals surface area contributed by atoms with Crippen LogP contribution in [0, 0.1) is 6.92 Å². The predicted octanol–water partition coefficient (Wildman–Crippen LogP) is 2.04. The van der Waals surface area contributed by atoms with Gasteiger partial charge < -0.3 is 10.4 Å². The zero-order chi connectivity index (χ0) is 10.7. The van der Waals surface area contributed by atoms with Crippen LogP contribution in [0.4, 0.5) is 5.82 Å². The van der Waals surface area contributed by atoms with Crippen molar-refractivity contribution in [2.24, 2.45) is 0 Å². The van der Waals surface area contributed by atoms with Crippen molar-refractivity contribution in [2.45, 2.75) is 19.9 Å². The number of aromatic nitrogens is 1. The van der Waals surface area contributed by atoms with Gasteiger partial charge in [-0.25, -0.2) is 4.98 Å². The van der Waals surface area contributed by atoms with Gasteiger partial charge in [0.1, 0.15) is 11.9 Å². The third kappa shape index (κ3) is 2.70. The van der Waals surface area contributed by atoms with Crippen molar-refractivity contribution in [1.82, 2.24) is 4.98 Å². The maximum absolute atomic E-state index is 10.6. The summed E-state index contributed by atoms with van der Waals surface area (Å²) < 4.78 is 0.908. The smallest absolute Gasteiger partial charge is 0.325 e. The number of nitrogens with zero attached hydrogens (tertiary/aromatic N) is 1. The van der Waals surface area contributed by atoms with Crippen LogP contribution in [0.1, 0.15) is 12.6 Å². The highest BCUT2D eigenvalue weighted by molar-refractivity contribution is 9.10. The molecule has 0 unspecified atom stereocenters.